The second kappa shape index (κ2) is 5.52. The highest BCUT2D eigenvalue weighted by molar-refractivity contribution is 6.30. The van der Waals surface area contributed by atoms with Crippen LogP contribution in [-0.4, -0.2) is 24.2 Å². The normalized spacial score (nSPS) is 24.5. The van der Waals surface area contributed by atoms with Crippen LogP contribution in [0, 0.1) is 11.8 Å². The number of benzene rings is 1. The SMILES string of the molecule is O=C(O)[C@H]1CNCC[C@@H]1Cc1ccc(Cl)cc1. The van der Waals surface area contributed by atoms with Gasteiger partial charge >= 0.3 is 5.97 Å². The van der Waals surface area contributed by atoms with Crippen molar-refractivity contribution in [3.63, 3.8) is 0 Å². The van der Waals surface area contributed by atoms with Crippen molar-refractivity contribution in [2.75, 3.05) is 13.1 Å². The number of piperidine rings is 1. The van der Waals surface area contributed by atoms with Crippen molar-refractivity contribution in [1.29, 1.82) is 0 Å². The summed E-state index contributed by atoms with van der Waals surface area (Å²) in [5.74, 6) is -0.759. The van der Waals surface area contributed by atoms with Crippen LogP contribution in [0.1, 0.15) is 12.0 Å². The average molecular weight is 254 g/mol. The molecule has 3 nitrogen and oxygen atoms in total. The Morgan fingerprint density at radius 2 is 2.12 bits per heavy atom. The number of aliphatic carboxylic acids is 1. The van der Waals surface area contributed by atoms with Crippen molar-refractivity contribution in [2.24, 2.45) is 11.8 Å². The molecule has 0 bridgehead atoms. The van der Waals surface area contributed by atoms with Crippen molar-refractivity contribution in [3.8, 4) is 0 Å². The van der Waals surface area contributed by atoms with E-state index in [0.717, 1.165) is 24.9 Å². The Morgan fingerprint density at radius 1 is 1.41 bits per heavy atom. The summed E-state index contributed by atoms with van der Waals surface area (Å²) in [6.07, 6.45) is 1.73. The molecule has 4 heteroatoms. The van der Waals surface area contributed by atoms with Crippen molar-refractivity contribution in [2.45, 2.75) is 12.8 Å². The van der Waals surface area contributed by atoms with Gasteiger partial charge in [-0.3, -0.25) is 4.79 Å². The van der Waals surface area contributed by atoms with Gasteiger partial charge < -0.3 is 10.4 Å². The molecule has 2 rings (SSSR count). The van der Waals surface area contributed by atoms with E-state index in [1.165, 1.54) is 0 Å². The lowest BCUT2D eigenvalue weighted by molar-refractivity contribution is -0.144. The van der Waals surface area contributed by atoms with Gasteiger partial charge in [0, 0.05) is 11.6 Å². The first-order chi connectivity index (χ1) is 8.16. The fourth-order valence-corrected chi connectivity index (χ4v) is 2.50. The van der Waals surface area contributed by atoms with E-state index in [0.29, 0.717) is 11.6 Å². The Labute approximate surface area is 106 Å². The third-order valence-electron chi connectivity index (χ3n) is 3.35. The number of nitrogens with one attached hydrogen (secondary N) is 1. The van der Waals surface area contributed by atoms with Gasteiger partial charge in [-0.2, -0.15) is 0 Å². The molecule has 0 aromatic heterocycles. The highest BCUT2D eigenvalue weighted by Gasteiger charge is 2.30. The quantitative estimate of drug-likeness (QED) is 0.868. The van der Waals surface area contributed by atoms with Gasteiger partial charge in [-0.15, -0.1) is 0 Å². The number of rotatable bonds is 3. The van der Waals surface area contributed by atoms with Gasteiger partial charge in [0.2, 0.25) is 0 Å². The largest absolute Gasteiger partial charge is 0.481 e. The van der Waals surface area contributed by atoms with Crippen LogP contribution in [-0.2, 0) is 11.2 Å². The molecule has 1 aromatic carbocycles. The second-order valence-electron chi connectivity index (χ2n) is 4.53. The summed E-state index contributed by atoms with van der Waals surface area (Å²) in [6.45, 7) is 1.48. The fourth-order valence-electron chi connectivity index (χ4n) is 2.37. The Morgan fingerprint density at radius 3 is 2.76 bits per heavy atom. The number of carbonyl (C=O) groups is 1. The van der Waals surface area contributed by atoms with Crippen LogP contribution in [0.15, 0.2) is 24.3 Å². The number of halogens is 1. The van der Waals surface area contributed by atoms with Gasteiger partial charge in [-0.05, 0) is 43.0 Å². The van der Waals surface area contributed by atoms with Crippen molar-refractivity contribution in [3.05, 3.63) is 34.9 Å². The summed E-state index contributed by atoms with van der Waals surface area (Å²) < 4.78 is 0. The van der Waals surface area contributed by atoms with E-state index in [4.69, 9.17) is 16.7 Å². The van der Waals surface area contributed by atoms with Crippen LogP contribution in [0.3, 0.4) is 0 Å². The molecule has 2 atom stereocenters. The molecule has 1 aromatic rings. The fraction of sp³-hybridized carbons (Fsp3) is 0.462. The smallest absolute Gasteiger partial charge is 0.308 e. The van der Waals surface area contributed by atoms with Crippen LogP contribution in [0.2, 0.25) is 5.02 Å². The molecule has 92 valence electrons. The summed E-state index contributed by atoms with van der Waals surface area (Å²) in [5, 5.41) is 13.0. The number of carboxylic acids is 1. The maximum Gasteiger partial charge on any atom is 0.308 e. The zero-order valence-corrected chi connectivity index (χ0v) is 10.3. The molecule has 0 amide bonds. The minimum absolute atomic E-state index is 0.218. The second-order valence-corrected chi connectivity index (χ2v) is 4.96. The van der Waals surface area contributed by atoms with E-state index in [2.05, 4.69) is 5.32 Å². The molecule has 0 spiro atoms. The van der Waals surface area contributed by atoms with Gasteiger partial charge in [0.15, 0.2) is 0 Å². The van der Waals surface area contributed by atoms with Crippen LogP contribution in [0.25, 0.3) is 0 Å². The molecule has 17 heavy (non-hydrogen) atoms. The van der Waals surface area contributed by atoms with Crippen LogP contribution >= 0.6 is 11.6 Å². The number of carboxylic acid groups (broad SMARTS) is 1. The molecule has 2 N–H and O–H groups in total. The Kier molecular flexibility index (Phi) is 4.02. The average Bonchev–Trinajstić information content (AvgIpc) is 2.32. The topological polar surface area (TPSA) is 49.3 Å². The lowest BCUT2D eigenvalue weighted by atomic mass is 9.82. The Balaban J connectivity index is 2.05. The van der Waals surface area contributed by atoms with E-state index < -0.39 is 5.97 Å². The summed E-state index contributed by atoms with van der Waals surface area (Å²) in [7, 11) is 0. The molecule has 1 fully saturated rings. The molecular formula is C13H16ClNO2. The molecule has 0 unspecified atom stereocenters. The standard InChI is InChI=1S/C13H16ClNO2/c14-11-3-1-9(2-4-11)7-10-5-6-15-8-12(10)13(16)17/h1-4,10,12,15H,5-8H2,(H,16,17)/t10-,12+/m1/s1. The van der Waals surface area contributed by atoms with Gasteiger partial charge in [-0.1, -0.05) is 23.7 Å². The lowest BCUT2D eigenvalue weighted by Crippen LogP contribution is -2.41. The Hall–Kier alpha value is -1.06. The highest BCUT2D eigenvalue weighted by atomic mass is 35.5. The van der Waals surface area contributed by atoms with Gasteiger partial charge in [-0.25, -0.2) is 0 Å². The van der Waals surface area contributed by atoms with E-state index in [-0.39, 0.29) is 11.8 Å². The van der Waals surface area contributed by atoms with Crippen molar-refractivity contribution >= 4 is 17.6 Å². The Bertz CT molecular complexity index is 391. The molecule has 0 saturated carbocycles. The van der Waals surface area contributed by atoms with E-state index in [1.807, 2.05) is 24.3 Å². The first-order valence-electron chi connectivity index (χ1n) is 5.85. The van der Waals surface area contributed by atoms with Crippen LogP contribution in [0.5, 0.6) is 0 Å². The number of hydrogen-bond acceptors (Lipinski definition) is 2. The lowest BCUT2D eigenvalue weighted by Gasteiger charge is -2.29. The number of hydrogen-bond donors (Lipinski definition) is 2. The third-order valence-corrected chi connectivity index (χ3v) is 3.61. The van der Waals surface area contributed by atoms with Gasteiger partial charge in [0.1, 0.15) is 0 Å². The van der Waals surface area contributed by atoms with Crippen LogP contribution in [0.4, 0.5) is 0 Å². The molecule has 1 saturated heterocycles. The zero-order chi connectivity index (χ0) is 12.3. The molecule has 1 aliphatic heterocycles. The monoisotopic (exact) mass is 253 g/mol. The molecule has 1 heterocycles. The van der Waals surface area contributed by atoms with Crippen molar-refractivity contribution in [1.82, 2.24) is 5.32 Å². The highest BCUT2D eigenvalue weighted by Crippen LogP contribution is 2.24. The van der Waals surface area contributed by atoms with E-state index in [9.17, 15) is 4.79 Å². The predicted octanol–water partition coefficient (Wildman–Crippen LogP) is 2.19. The summed E-state index contributed by atoms with van der Waals surface area (Å²) in [4.78, 5) is 11.1. The summed E-state index contributed by atoms with van der Waals surface area (Å²) in [6, 6.07) is 7.66. The minimum Gasteiger partial charge on any atom is -0.481 e. The molecule has 1 aliphatic rings. The van der Waals surface area contributed by atoms with E-state index in [1.54, 1.807) is 0 Å². The van der Waals surface area contributed by atoms with Crippen LogP contribution < -0.4 is 5.32 Å². The van der Waals surface area contributed by atoms with E-state index >= 15 is 0 Å². The predicted molar refractivity (Wildman–Crippen MR) is 67.3 cm³/mol. The summed E-state index contributed by atoms with van der Waals surface area (Å²) >= 11 is 5.83. The van der Waals surface area contributed by atoms with Gasteiger partial charge in [0.25, 0.3) is 0 Å². The van der Waals surface area contributed by atoms with Crippen molar-refractivity contribution < 1.29 is 9.90 Å². The maximum atomic E-state index is 11.1. The first-order valence-corrected chi connectivity index (χ1v) is 6.22. The van der Waals surface area contributed by atoms with Gasteiger partial charge in [0.05, 0.1) is 5.92 Å². The zero-order valence-electron chi connectivity index (χ0n) is 9.53. The first kappa shape index (κ1) is 12.4. The molecular weight excluding hydrogens is 238 g/mol. The third kappa shape index (κ3) is 3.20. The minimum atomic E-state index is -0.698. The maximum absolute atomic E-state index is 11.1. The molecule has 0 aliphatic carbocycles. The summed E-state index contributed by atoms with van der Waals surface area (Å²) in [5.41, 5.74) is 1.16. The molecule has 0 radical (unpaired) electrons.